The van der Waals surface area contributed by atoms with Gasteiger partial charge in [-0.05, 0) is 42.0 Å². The Balaban J connectivity index is 2.03. The highest BCUT2D eigenvalue weighted by Gasteiger charge is 2.48. The van der Waals surface area contributed by atoms with Crippen molar-refractivity contribution in [3.63, 3.8) is 0 Å². The number of methoxy groups -OCH3 is 3. The predicted octanol–water partition coefficient (Wildman–Crippen LogP) is 4.04. The lowest BCUT2D eigenvalue weighted by Gasteiger charge is -2.27. The molecule has 0 bridgehead atoms. The predicted molar refractivity (Wildman–Crippen MR) is 125 cm³/mol. The molecular weight excluding hydrogens is 438 g/mol. The van der Waals surface area contributed by atoms with E-state index in [1.54, 1.807) is 54.6 Å². The van der Waals surface area contributed by atoms with Crippen LogP contribution in [0, 0.1) is 0 Å². The van der Waals surface area contributed by atoms with Crippen molar-refractivity contribution in [2.24, 2.45) is 0 Å². The number of aliphatic hydroxyl groups excluding tert-OH is 1. The van der Waals surface area contributed by atoms with E-state index in [2.05, 4.69) is 0 Å². The summed E-state index contributed by atoms with van der Waals surface area (Å²) >= 11 is 0. The second-order valence-corrected chi connectivity index (χ2v) is 7.47. The minimum absolute atomic E-state index is 0.0180. The monoisotopic (exact) mass is 461 g/mol. The molecule has 1 aliphatic rings. The maximum Gasteiger partial charge on any atom is 0.300 e. The topological polar surface area (TPSA) is 106 Å². The van der Waals surface area contributed by atoms with Crippen molar-refractivity contribution in [1.82, 2.24) is 0 Å². The molecule has 1 fully saturated rings. The van der Waals surface area contributed by atoms with E-state index in [-0.39, 0.29) is 28.4 Å². The number of aromatic hydroxyl groups is 1. The maximum atomic E-state index is 13.4. The second-order valence-electron chi connectivity index (χ2n) is 7.47. The highest BCUT2D eigenvalue weighted by Crippen LogP contribution is 2.47. The van der Waals surface area contributed by atoms with Crippen LogP contribution < -0.4 is 19.1 Å². The molecule has 0 aromatic heterocycles. The fraction of sp³-hybridized carbons (Fsp3) is 0.154. The van der Waals surface area contributed by atoms with Crippen LogP contribution in [0.3, 0.4) is 0 Å². The van der Waals surface area contributed by atoms with Gasteiger partial charge in [0.15, 0.2) is 0 Å². The third-order valence-corrected chi connectivity index (χ3v) is 5.66. The number of phenolic OH excluding ortho intramolecular Hbond substituents is 1. The number of aliphatic hydroxyl groups is 1. The van der Waals surface area contributed by atoms with Crippen LogP contribution in [0.15, 0.2) is 72.3 Å². The Bertz CT molecular complexity index is 1260. The van der Waals surface area contributed by atoms with Gasteiger partial charge in [-0.25, -0.2) is 0 Å². The molecule has 3 aromatic rings. The number of carbonyl (C=O) groups is 2. The number of rotatable bonds is 6. The van der Waals surface area contributed by atoms with Crippen molar-refractivity contribution >= 4 is 23.1 Å². The van der Waals surface area contributed by atoms with Crippen LogP contribution >= 0.6 is 0 Å². The Morgan fingerprint density at radius 2 is 1.35 bits per heavy atom. The molecule has 8 heteroatoms. The Kier molecular flexibility index (Phi) is 6.14. The molecule has 1 amide bonds. The first-order valence-electron chi connectivity index (χ1n) is 10.4. The number of Topliss-reactive ketones (excluding diaryl/α,β-unsaturated/α-hetero) is 1. The molecule has 2 N–H and O–H groups in total. The molecule has 4 rings (SSSR count). The van der Waals surface area contributed by atoms with Gasteiger partial charge in [0.25, 0.3) is 11.7 Å². The zero-order valence-corrected chi connectivity index (χ0v) is 18.8. The number of carbonyl (C=O) groups excluding carboxylic acids is 2. The summed E-state index contributed by atoms with van der Waals surface area (Å²) in [6, 6.07) is 16.7. The van der Waals surface area contributed by atoms with E-state index in [1.165, 1.54) is 38.4 Å². The molecule has 1 aliphatic heterocycles. The van der Waals surface area contributed by atoms with Crippen molar-refractivity contribution in [3.8, 4) is 23.0 Å². The van der Waals surface area contributed by atoms with Crippen molar-refractivity contribution in [2.45, 2.75) is 6.04 Å². The first kappa shape index (κ1) is 22.7. The van der Waals surface area contributed by atoms with Gasteiger partial charge >= 0.3 is 0 Å². The normalized spacial score (nSPS) is 17.0. The van der Waals surface area contributed by atoms with Gasteiger partial charge in [0.2, 0.25) is 0 Å². The Morgan fingerprint density at radius 1 is 0.794 bits per heavy atom. The summed E-state index contributed by atoms with van der Waals surface area (Å²) < 4.78 is 16.2. The molecule has 34 heavy (non-hydrogen) atoms. The van der Waals surface area contributed by atoms with Crippen LogP contribution in [0.1, 0.15) is 17.2 Å². The molecule has 0 aliphatic carbocycles. The summed E-state index contributed by atoms with van der Waals surface area (Å²) in [4.78, 5) is 28.0. The van der Waals surface area contributed by atoms with Crippen LogP contribution in [0.5, 0.6) is 23.0 Å². The highest BCUT2D eigenvalue weighted by molar-refractivity contribution is 6.52. The second kappa shape index (κ2) is 9.19. The lowest BCUT2D eigenvalue weighted by atomic mass is 9.94. The molecule has 1 saturated heterocycles. The number of ether oxygens (including phenoxy) is 3. The van der Waals surface area contributed by atoms with E-state index in [4.69, 9.17) is 14.2 Å². The number of hydrogen-bond acceptors (Lipinski definition) is 7. The van der Waals surface area contributed by atoms with Crippen molar-refractivity contribution < 1.29 is 34.0 Å². The molecule has 1 atom stereocenters. The van der Waals surface area contributed by atoms with Gasteiger partial charge < -0.3 is 24.4 Å². The van der Waals surface area contributed by atoms with Gasteiger partial charge in [-0.3, -0.25) is 14.5 Å². The van der Waals surface area contributed by atoms with Gasteiger partial charge in [0, 0.05) is 0 Å². The zero-order valence-electron chi connectivity index (χ0n) is 18.8. The number of benzene rings is 3. The smallest absolute Gasteiger partial charge is 0.300 e. The molecule has 0 spiro atoms. The Hall–Kier alpha value is -4.46. The quantitative estimate of drug-likeness (QED) is 0.324. The summed E-state index contributed by atoms with van der Waals surface area (Å²) in [6.07, 6.45) is 0. The fourth-order valence-corrected chi connectivity index (χ4v) is 4.10. The van der Waals surface area contributed by atoms with Crippen LogP contribution in [0.25, 0.3) is 5.76 Å². The van der Waals surface area contributed by atoms with Gasteiger partial charge in [-0.1, -0.05) is 30.3 Å². The van der Waals surface area contributed by atoms with Crippen LogP contribution in [0.4, 0.5) is 5.69 Å². The third kappa shape index (κ3) is 3.69. The van der Waals surface area contributed by atoms with E-state index in [0.717, 1.165) is 0 Å². The summed E-state index contributed by atoms with van der Waals surface area (Å²) in [6.45, 7) is 0. The molecule has 8 nitrogen and oxygen atoms in total. The van der Waals surface area contributed by atoms with E-state index >= 15 is 0 Å². The summed E-state index contributed by atoms with van der Waals surface area (Å²) in [5, 5.41) is 21.2. The van der Waals surface area contributed by atoms with Crippen LogP contribution in [0.2, 0.25) is 0 Å². The Morgan fingerprint density at radius 3 is 1.94 bits per heavy atom. The summed E-state index contributed by atoms with van der Waals surface area (Å²) in [7, 11) is 4.32. The first-order chi connectivity index (χ1) is 16.4. The largest absolute Gasteiger partial charge is 0.508 e. The summed E-state index contributed by atoms with van der Waals surface area (Å²) in [5.41, 5.74) is 0.855. The van der Waals surface area contributed by atoms with E-state index < -0.39 is 23.5 Å². The standard InChI is InChI=1S/C26H23NO7/c1-32-18-8-5-4-7-17(18)27-23(15-11-13-16(28)14-12-15)22(25(30)26(27)31)24(29)21-19(33-2)9-6-10-20(21)34-3/h4-14,23,28-29H,1-3H3/b24-22+. The van der Waals surface area contributed by atoms with Crippen molar-refractivity contribution in [2.75, 3.05) is 26.2 Å². The molecule has 3 aromatic carbocycles. The van der Waals surface area contributed by atoms with E-state index in [9.17, 15) is 19.8 Å². The molecule has 1 heterocycles. The minimum atomic E-state index is -1.01. The molecule has 0 radical (unpaired) electrons. The Labute approximate surface area is 196 Å². The van der Waals surface area contributed by atoms with E-state index in [1.807, 2.05) is 0 Å². The first-order valence-corrected chi connectivity index (χ1v) is 10.4. The fourth-order valence-electron chi connectivity index (χ4n) is 4.10. The van der Waals surface area contributed by atoms with E-state index in [0.29, 0.717) is 17.0 Å². The molecular formula is C26H23NO7. The highest BCUT2D eigenvalue weighted by atomic mass is 16.5. The van der Waals surface area contributed by atoms with Gasteiger partial charge in [0.05, 0.1) is 38.6 Å². The number of para-hydroxylation sites is 2. The maximum absolute atomic E-state index is 13.4. The van der Waals surface area contributed by atoms with Gasteiger partial charge in [-0.15, -0.1) is 0 Å². The average Bonchev–Trinajstić information content (AvgIpc) is 3.13. The number of amides is 1. The lowest BCUT2D eigenvalue weighted by Crippen LogP contribution is -2.29. The zero-order chi connectivity index (χ0) is 24.4. The average molecular weight is 461 g/mol. The summed E-state index contributed by atoms with van der Waals surface area (Å²) in [5.74, 6) is -1.22. The van der Waals surface area contributed by atoms with Crippen LogP contribution in [-0.4, -0.2) is 43.2 Å². The van der Waals surface area contributed by atoms with Gasteiger partial charge in [-0.2, -0.15) is 0 Å². The number of hydrogen-bond donors (Lipinski definition) is 2. The number of nitrogens with zero attached hydrogens (tertiary/aromatic N) is 1. The molecule has 1 unspecified atom stereocenters. The van der Waals surface area contributed by atoms with Crippen LogP contribution in [-0.2, 0) is 9.59 Å². The van der Waals surface area contributed by atoms with Crippen molar-refractivity contribution in [3.05, 3.63) is 83.4 Å². The number of anilines is 1. The molecule has 174 valence electrons. The number of ketones is 1. The van der Waals surface area contributed by atoms with Crippen molar-refractivity contribution in [1.29, 1.82) is 0 Å². The number of phenols is 1. The minimum Gasteiger partial charge on any atom is -0.508 e. The van der Waals surface area contributed by atoms with Gasteiger partial charge in [0.1, 0.15) is 34.3 Å². The third-order valence-electron chi connectivity index (χ3n) is 5.66. The SMILES string of the molecule is COc1ccccc1N1C(=O)C(=O)/C(=C(/O)c2c(OC)cccc2OC)C1c1ccc(O)cc1. The lowest BCUT2D eigenvalue weighted by molar-refractivity contribution is -0.132. The molecule has 0 saturated carbocycles.